The summed E-state index contributed by atoms with van der Waals surface area (Å²) in [5.41, 5.74) is -3.20. The molecule has 0 aliphatic rings. The van der Waals surface area contributed by atoms with Crippen LogP contribution in [-0.4, -0.2) is 27.7 Å². The molecule has 5 nitrogen and oxygen atoms in total. The number of aromatic nitrogens is 2. The SMILES string of the molecule is C[C@H](CF)n1c(C(F)F)nc2cc(C(=O)Nc3ccc(OC(F)(F)Cl)cc3)cc(Br)c21. The molecule has 1 N–H and O–H groups in total. The molecule has 31 heavy (non-hydrogen) atoms. The van der Waals surface area contributed by atoms with Crippen molar-refractivity contribution in [3.8, 4) is 5.75 Å². The van der Waals surface area contributed by atoms with Gasteiger partial charge in [-0.25, -0.2) is 18.2 Å². The van der Waals surface area contributed by atoms with Crippen molar-refractivity contribution < 1.29 is 31.5 Å². The average Bonchev–Trinajstić information content (AvgIpc) is 3.08. The number of hydrogen-bond donors (Lipinski definition) is 1. The first-order valence-corrected chi connectivity index (χ1v) is 9.90. The van der Waals surface area contributed by atoms with E-state index in [2.05, 4.69) is 31.0 Å². The molecule has 1 amide bonds. The summed E-state index contributed by atoms with van der Waals surface area (Å²) in [6.07, 6.45) is -2.94. The van der Waals surface area contributed by atoms with Gasteiger partial charge in [-0.1, -0.05) is 0 Å². The van der Waals surface area contributed by atoms with Crippen LogP contribution in [0.15, 0.2) is 40.9 Å². The normalized spacial score (nSPS) is 12.9. The van der Waals surface area contributed by atoms with Gasteiger partial charge in [0.2, 0.25) is 0 Å². The lowest BCUT2D eigenvalue weighted by atomic mass is 10.1. The third-order valence-corrected chi connectivity index (χ3v) is 4.91. The number of benzene rings is 2. The summed E-state index contributed by atoms with van der Waals surface area (Å²) >= 11 is 7.93. The van der Waals surface area contributed by atoms with E-state index in [1.807, 2.05) is 0 Å². The minimum Gasteiger partial charge on any atom is -0.420 e. The van der Waals surface area contributed by atoms with Gasteiger partial charge in [0.25, 0.3) is 12.3 Å². The zero-order valence-electron chi connectivity index (χ0n) is 15.7. The van der Waals surface area contributed by atoms with Crippen molar-refractivity contribution >= 4 is 50.2 Å². The Morgan fingerprint density at radius 2 is 1.94 bits per heavy atom. The van der Waals surface area contributed by atoms with Gasteiger partial charge in [0.05, 0.1) is 17.1 Å². The van der Waals surface area contributed by atoms with Crippen LogP contribution < -0.4 is 10.1 Å². The van der Waals surface area contributed by atoms with Crippen LogP contribution in [0.2, 0.25) is 0 Å². The molecule has 1 heterocycles. The minimum atomic E-state index is -3.87. The van der Waals surface area contributed by atoms with Crippen LogP contribution in [0.3, 0.4) is 0 Å². The van der Waals surface area contributed by atoms with Gasteiger partial charge in [-0.3, -0.25) is 4.79 Å². The summed E-state index contributed by atoms with van der Waals surface area (Å²) in [5, 5.41) is 2.54. The molecule has 1 aromatic heterocycles. The predicted octanol–water partition coefficient (Wildman–Crippen LogP) is 6.69. The van der Waals surface area contributed by atoms with Crippen LogP contribution in [-0.2, 0) is 0 Å². The van der Waals surface area contributed by atoms with Crippen molar-refractivity contribution in [3.63, 3.8) is 0 Å². The highest BCUT2D eigenvalue weighted by atomic mass is 79.9. The fraction of sp³-hybridized carbons (Fsp3) is 0.263. The molecule has 0 saturated carbocycles. The maximum Gasteiger partial charge on any atom is 0.487 e. The van der Waals surface area contributed by atoms with Crippen molar-refractivity contribution in [3.05, 3.63) is 52.3 Å². The largest absolute Gasteiger partial charge is 0.487 e. The number of hydrogen-bond acceptors (Lipinski definition) is 3. The summed E-state index contributed by atoms with van der Waals surface area (Å²) in [5.74, 6) is -1.43. The van der Waals surface area contributed by atoms with Crippen molar-refractivity contribution in [2.75, 3.05) is 12.0 Å². The van der Waals surface area contributed by atoms with E-state index in [4.69, 9.17) is 11.6 Å². The predicted molar refractivity (Wildman–Crippen MR) is 109 cm³/mol. The number of alkyl halides is 6. The van der Waals surface area contributed by atoms with Crippen LogP contribution in [0.5, 0.6) is 5.75 Å². The molecule has 3 aromatic rings. The summed E-state index contributed by atoms with van der Waals surface area (Å²) < 4.78 is 70.9. The molecule has 0 fully saturated rings. The van der Waals surface area contributed by atoms with E-state index < -0.39 is 36.4 Å². The molecule has 0 radical (unpaired) electrons. The van der Waals surface area contributed by atoms with Crippen LogP contribution in [0.1, 0.15) is 35.6 Å². The number of imidazole rings is 1. The minimum absolute atomic E-state index is 0.0863. The summed E-state index contributed by atoms with van der Waals surface area (Å²) in [7, 11) is 0. The van der Waals surface area contributed by atoms with Crippen molar-refractivity contribution in [2.45, 2.75) is 25.0 Å². The summed E-state index contributed by atoms with van der Waals surface area (Å²) in [6.45, 7) is 0.558. The van der Waals surface area contributed by atoms with Crippen LogP contribution >= 0.6 is 27.5 Å². The van der Waals surface area contributed by atoms with Gasteiger partial charge in [-0.15, -0.1) is 8.78 Å². The van der Waals surface area contributed by atoms with E-state index in [9.17, 15) is 26.7 Å². The molecule has 166 valence electrons. The number of ether oxygens (including phenoxy) is 1. The zero-order chi connectivity index (χ0) is 22.9. The number of carbonyl (C=O) groups excluding carboxylic acids is 1. The Hall–Kier alpha value is -2.40. The standard InChI is InChI=1S/C19H14BrClF5N3O2/c1-9(8-22)29-15-13(20)6-10(7-14(15)28-17(29)16(23)24)18(30)27-11-2-4-12(5-3-11)31-19(21,25)26/h2-7,9,16H,8H2,1H3,(H,27,30)/t9-/m1/s1. The van der Waals surface area contributed by atoms with Crippen LogP contribution in [0.25, 0.3) is 11.0 Å². The van der Waals surface area contributed by atoms with Crippen LogP contribution in [0.4, 0.5) is 27.6 Å². The second kappa shape index (κ2) is 8.99. The Labute approximate surface area is 186 Å². The molecule has 0 unspecified atom stereocenters. The number of fused-ring (bicyclic) bond motifs is 1. The zero-order valence-corrected chi connectivity index (χ0v) is 18.0. The van der Waals surface area contributed by atoms with Crippen molar-refractivity contribution in [1.82, 2.24) is 9.55 Å². The van der Waals surface area contributed by atoms with E-state index in [1.54, 1.807) is 0 Å². The molecular formula is C19H14BrClF5N3O2. The first-order chi connectivity index (χ1) is 14.5. The van der Waals surface area contributed by atoms with E-state index in [-0.39, 0.29) is 32.5 Å². The van der Waals surface area contributed by atoms with Crippen LogP contribution in [0, 0.1) is 0 Å². The fourth-order valence-electron chi connectivity index (χ4n) is 2.94. The van der Waals surface area contributed by atoms with Gasteiger partial charge in [0, 0.05) is 27.3 Å². The van der Waals surface area contributed by atoms with Gasteiger partial charge in [0.15, 0.2) is 5.82 Å². The number of amides is 1. The molecule has 1 atom stereocenters. The molecular weight excluding hydrogens is 513 g/mol. The van der Waals surface area contributed by atoms with E-state index >= 15 is 0 Å². The molecule has 0 spiro atoms. The maximum absolute atomic E-state index is 13.4. The number of carbonyl (C=O) groups is 1. The Balaban J connectivity index is 1.90. The van der Waals surface area contributed by atoms with Gasteiger partial charge in [-0.2, -0.15) is 0 Å². The average molecular weight is 527 g/mol. The molecule has 0 aliphatic heterocycles. The highest BCUT2D eigenvalue weighted by Gasteiger charge is 2.27. The Bertz CT molecular complexity index is 1100. The first-order valence-electron chi connectivity index (χ1n) is 8.72. The maximum atomic E-state index is 13.4. The van der Waals surface area contributed by atoms with Crippen molar-refractivity contribution in [1.29, 1.82) is 0 Å². The third-order valence-electron chi connectivity index (χ3n) is 4.23. The highest BCUT2D eigenvalue weighted by molar-refractivity contribution is 9.10. The number of rotatable bonds is 7. The lowest BCUT2D eigenvalue weighted by molar-refractivity contribution is -0.0964. The first kappa shape index (κ1) is 23.3. The smallest absolute Gasteiger partial charge is 0.420 e. The molecule has 12 heteroatoms. The number of nitrogens with zero attached hydrogens (tertiary/aromatic N) is 2. The lowest BCUT2D eigenvalue weighted by Gasteiger charge is -2.15. The molecule has 0 bridgehead atoms. The van der Waals surface area contributed by atoms with Gasteiger partial charge in [-0.05, 0) is 59.3 Å². The fourth-order valence-corrected chi connectivity index (χ4v) is 3.67. The monoisotopic (exact) mass is 525 g/mol. The number of anilines is 1. The number of nitrogens with one attached hydrogen (secondary N) is 1. The third kappa shape index (κ3) is 5.27. The van der Waals surface area contributed by atoms with Gasteiger partial charge in [0.1, 0.15) is 12.4 Å². The summed E-state index contributed by atoms with van der Waals surface area (Å²) in [6, 6.07) is 6.80. The van der Waals surface area contributed by atoms with E-state index in [0.29, 0.717) is 0 Å². The summed E-state index contributed by atoms with van der Waals surface area (Å²) in [4.78, 5) is 16.5. The quantitative estimate of drug-likeness (QED) is 0.276. The Kier molecular flexibility index (Phi) is 6.75. The molecule has 3 rings (SSSR count). The molecule has 0 aliphatic carbocycles. The second-order valence-corrected chi connectivity index (χ2v) is 7.79. The Morgan fingerprint density at radius 3 is 2.48 bits per heavy atom. The van der Waals surface area contributed by atoms with Crippen molar-refractivity contribution in [2.24, 2.45) is 0 Å². The molecule has 2 aromatic carbocycles. The number of halogens is 7. The van der Waals surface area contributed by atoms with Gasteiger partial charge >= 0.3 is 5.57 Å². The second-order valence-electron chi connectivity index (χ2n) is 6.50. The van der Waals surface area contributed by atoms with E-state index in [0.717, 1.165) is 4.57 Å². The lowest BCUT2D eigenvalue weighted by Crippen LogP contribution is -2.16. The molecule has 0 saturated heterocycles. The van der Waals surface area contributed by atoms with E-state index in [1.165, 1.54) is 43.3 Å². The van der Waals surface area contributed by atoms with Gasteiger partial charge < -0.3 is 14.6 Å². The highest BCUT2D eigenvalue weighted by Crippen LogP contribution is 2.34. The Morgan fingerprint density at radius 1 is 1.29 bits per heavy atom. The topological polar surface area (TPSA) is 56.2 Å².